The van der Waals surface area contributed by atoms with Crippen LogP contribution in [0.4, 0.5) is 0 Å². The third-order valence-electron chi connectivity index (χ3n) is 3.89. The lowest BCUT2D eigenvalue weighted by Gasteiger charge is -2.15. The molecule has 0 spiro atoms. The second-order valence-corrected chi connectivity index (χ2v) is 5.35. The van der Waals surface area contributed by atoms with E-state index in [-0.39, 0.29) is 11.8 Å². The Labute approximate surface area is 122 Å². The van der Waals surface area contributed by atoms with Crippen LogP contribution >= 0.6 is 0 Å². The van der Waals surface area contributed by atoms with Crippen molar-refractivity contribution in [1.82, 2.24) is 14.9 Å². The highest BCUT2D eigenvalue weighted by atomic mass is 16.3. The first-order valence-corrected chi connectivity index (χ1v) is 6.91. The maximum absolute atomic E-state index is 12.4. The summed E-state index contributed by atoms with van der Waals surface area (Å²) < 4.78 is 5.07. The van der Waals surface area contributed by atoms with Gasteiger partial charge in [0.2, 0.25) is 0 Å². The number of nitrogens with zero attached hydrogens (tertiary/aromatic N) is 3. The zero-order valence-electron chi connectivity index (χ0n) is 11.8. The zero-order valence-corrected chi connectivity index (χ0v) is 11.8. The maximum atomic E-state index is 12.4. The van der Waals surface area contributed by atoms with E-state index in [0.29, 0.717) is 24.5 Å². The van der Waals surface area contributed by atoms with Crippen LogP contribution in [0.15, 0.2) is 35.3 Å². The first kappa shape index (κ1) is 13.8. The summed E-state index contributed by atoms with van der Waals surface area (Å²) in [5.74, 6) is 0.355. The lowest BCUT2D eigenvalue weighted by atomic mass is 9.97. The van der Waals surface area contributed by atoms with Gasteiger partial charge in [-0.15, -0.1) is 0 Å². The van der Waals surface area contributed by atoms with Crippen LogP contribution in [0.2, 0.25) is 0 Å². The van der Waals surface area contributed by atoms with E-state index in [1.54, 1.807) is 24.2 Å². The Balaban J connectivity index is 1.69. The second kappa shape index (κ2) is 5.65. The Bertz CT molecular complexity index is 626. The average Bonchev–Trinajstić information content (AvgIpc) is 3.06. The van der Waals surface area contributed by atoms with Gasteiger partial charge in [-0.3, -0.25) is 9.78 Å². The monoisotopic (exact) mass is 287 g/mol. The van der Waals surface area contributed by atoms with Gasteiger partial charge in [-0.05, 0) is 31.0 Å². The van der Waals surface area contributed by atoms with Crippen molar-refractivity contribution in [2.75, 3.05) is 13.1 Å². The van der Waals surface area contributed by atoms with Crippen molar-refractivity contribution in [2.45, 2.75) is 19.4 Å². The van der Waals surface area contributed by atoms with Gasteiger partial charge in [-0.1, -0.05) is 0 Å². The number of amides is 1. The molecular formula is C15H17N3O3. The van der Waals surface area contributed by atoms with Gasteiger partial charge in [0.25, 0.3) is 5.91 Å². The number of β-amino-alcohol motifs (C(OH)–C–C–N with tert-alkyl or cyclic N) is 1. The van der Waals surface area contributed by atoms with Crippen molar-refractivity contribution in [3.8, 4) is 0 Å². The molecule has 2 aromatic heterocycles. The highest BCUT2D eigenvalue weighted by Crippen LogP contribution is 2.23. The summed E-state index contributed by atoms with van der Waals surface area (Å²) in [5, 5.41) is 10.2. The molecule has 110 valence electrons. The van der Waals surface area contributed by atoms with Crippen LogP contribution in [0.5, 0.6) is 0 Å². The van der Waals surface area contributed by atoms with Crippen LogP contribution in [0.25, 0.3) is 0 Å². The molecule has 3 heterocycles. The molecule has 1 amide bonds. The summed E-state index contributed by atoms with van der Waals surface area (Å²) in [4.78, 5) is 21.9. The average molecular weight is 287 g/mol. The Kier molecular flexibility index (Phi) is 3.70. The molecule has 1 aliphatic rings. The summed E-state index contributed by atoms with van der Waals surface area (Å²) in [5.41, 5.74) is 1.44. The number of aliphatic hydroxyl groups is 1. The molecule has 21 heavy (non-hydrogen) atoms. The van der Waals surface area contributed by atoms with E-state index in [4.69, 9.17) is 4.42 Å². The van der Waals surface area contributed by atoms with E-state index in [0.717, 1.165) is 12.0 Å². The smallest absolute Gasteiger partial charge is 0.276 e. The molecule has 3 rings (SSSR count). The van der Waals surface area contributed by atoms with Crippen molar-refractivity contribution in [3.63, 3.8) is 0 Å². The molecule has 0 unspecified atom stereocenters. The minimum absolute atomic E-state index is 0.0311. The number of pyridine rings is 1. The van der Waals surface area contributed by atoms with Crippen LogP contribution in [0.1, 0.15) is 21.8 Å². The number of oxazole rings is 1. The number of carbonyl (C=O) groups is 1. The molecule has 1 aliphatic heterocycles. The first-order chi connectivity index (χ1) is 10.1. The van der Waals surface area contributed by atoms with Gasteiger partial charge in [-0.25, -0.2) is 4.98 Å². The highest BCUT2D eigenvalue weighted by Gasteiger charge is 2.35. The van der Waals surface area contributed by atoms with Gasteiger partial charge in [0.1, 0.15) is 5.76 Å². The second-order valence-electron chi connectivity index (χ2n) is 5.35. The van der Waals surface area contributed by atoms with Gasteiger partial charge in [0, 0.05) is 31.4 Å². The predicted molar refractivity (Wildman–Crippen MR) is 74.6 cm³/mol. The molecule has 0 radical (unpaired) electrons. The molecule has 0 aromatic carbocycles. The molecule has 1 fully saturated rings. The van der Waals surface area contributed by atoms with Gasteiger partial charge in [0.05, 0.1) is 6.10 Å². The Morgan fingerprint density at radius 2 is 2.19 bits per heavy atom. The zero-order chi connectivity index (χ0) is 14.8. The first-order valence-electron chi connectivity index (χ1n) is 6.91. The van der Waals surface area contributed by atoms with E-state index in [2.05, 4.69) is 9.97 Å². The van der Waals surface area contributed by atoms with Crippen molar-refractivity contribution >= 4 is 5.91 Å². The normalized spacial score (nSPS) is 21.7. The Hall–Kier alpha value is -2.21. The third-order valence-corrected chi connectivity index (χ3v) is 3.89. The molecule has 1 N–H and O–H groups in total. The highest BCUT2D eigenvalue weighted by molar-refractivity contribution is 5.93. The summed E-state index contributed by atoms with van der Waals surface area (Å²) >= 11 is 0. The number of rotatable bonds is 3. The number of aryl methyl sites for hydroxylation is 1. The van der Waals surface area contributed by atoms with E-state index >= 15 is 0 Å². The SMILES string of the molecule is Cc1ocnc1C(=O)N1C[C@@H](Cc2ccncc2)[C@H](O)C1. The molecule has 0 saturated carbocycles. The standard InChI is InChI=1S/C15H17N3O3/c1-10-14(17-9-21-10)15(20)18-7-12(13(19)8-18)6-11-2-4-16-5-3-11/h2-5,9,12-13,19H,6-8H2,1H3/t12-,13-/m1/s1. The number of aromatic nitrogens is 2. The van der Waals surface area contributed by atoms with Crippen LogP contribution in [-0.4, -0.2) is 45.1 Å². The van der Waals surface area contributed by atoms with E-state index in [1.807, 2.05) is 12.1 Å². The van der Waals surface area contributed by atoms with Crippen molar-refractivity contribution in [2.24, 2.45) is 5.92 Å². The maximum Gasteiger partial charge on any atom is 0.276 e. The van der Waals surface area contributed by atoms with E-state index in [9.17, 15) is 9.90 Å². The fourth-order valence-corrected chi connectivity index (χ4v) is 2.70. The fourth-order valence-electron chi connectivity index (χ4n) is 2.70. The fraction of sp³-hybridized carbons (Fsp3) is 0.400. The Morgan fingerprint density at radius 1 is 1.43 bits per heavy atom. The predicted octanol–water partition coefficient (Wildman–Crippen LogP) is 1.05. The largest absolute Gasteiger partial charge is 0.448 e. The lowest BCUT2D eigenvalue weighted by molar-refractivity contribution is 0.0758. The molecular weight excluding hydrogens is 270 g/mol. The Morgan fingerprint density at radius 3 is 2.86 bits per heavy atom. The van der Waals surface area contributed by atoms with Gasteiger partial charge in [-0.2, -0.15) is 0 Å². The van der Waals surface area contributed by atoms with Gasteiger partial charge in [0.15, 0.2) is 12.1 Å². The van der Waals surface area contributed by atoms with E-state index < -0.39 is 6.10 Å². The van der Waals surface area contributed by atoms with Gasteiger partial charge < -0.3 is 14.4 Å². The van der Waals surface area contributed by atoms with Crippen LogP contribution in [0.3, 0.4) is 0 Å². The summed E-state index contributed by atoms with van der Waals surface area (Å²) in [7, 11) is 0. The number of likely N-dealkylation sites (tertiary alicyclic amines) is 1. The number of carbonyl (C=O) groups excluding carboxylic acids is 1. The molecule has 0 aliphatic carbocycles. The number of hydrogen-bond donors (Lipinski definition) is 1. The molecule has 0 bridgehead atoms. The number of hydrogen-bond acceptors (Lipinski definition) is 5. The summed E-state index contributed by atoms with van der Waals surface area (Å²) in [6.45, 7) is 2.57. The van der Waals surface area contributed by atoms with Crippen molar-refractivity contribution in [1.29, 1.82) is 0 Å². The minimum Gasteiger partial charge on any atom is -0.448 e. The molecule has 2 atom stereocenters. The molecule has 6 nitrogen and oxygen atoms in total. The minimum atomic E-state index is -0.519. The third kappa shape index (κ3) is 2.80. The van der Waals surface area contributed by atoms with Crippen LogP contribution < -0.4 is 0 Å². The molecule has 6 heteroatoms. The molecule has 1 saturated heterocycles. The van der Waals surface area contributed by atoms with Crippen LogP contribution in [-0.2, 0) is 6.42 Å². The van der Waals surface area contributed by atoms with Crippen LogP contribution in [0, 0.1) is 12.8 Å². The summed E-state index contributed by atoms with van der Waals surface area (Å²) in [6, 6.07) is 3.86. The van der Waals surface area contributed by atoms with Gasteiger partial charge >= 0.3 is 0 Å². The quantitative estimate of drug-likeness (QED) is 0.913. The lowest BCUT2D eigenvalue weighted by Crippen LogP contribution is -2.30. The topological polar surface area (TPSA) is 79.5 Å². The number of aliphatic hydroxyl groups excluding tert-OH is 1. The van der Waals surface area contributed by atoms with Crippen molar-refractivity contribution in [3.05, 3.63) is 47.9 Å². The van der Waals surface area contributed by atoms with Crippen molar-refractivity contribution < 1.29 is 14.3 Å². The molecule has 2 aromatic rings. The summed E-state index contributed by atoms with van der Waals surface area (Å²) in [6.07, 6.45) is 4.94. The van der Waals surface area contributed by atoms with E-state index in [1.165, 1.54) is 6.39 Å².